The number of hydrogen-bond donors (Lipinski definition) is 1. The minimum Gasteiger partial charge on any atom is -0.504 e. The van der Waals surface area contributed by atoms with Crippen LogP contribution < -0.4 is 4.74 Å². The summed E-state index contributed by atoms with van der Waals surface area (Å²) in [5, 5.41) is 9.43. The second-order valence-corrected chi connectivity index (χ2v) is 5.75. The zero-order chi connectivity index (χ0) is 13.1. The Morgan fingerprint density at radius 1 is 1.41 bits per heavy atom. The average Bonchev–Trinajstić information content (AvgIpc) is 2.19. The number of Topliss-reactive ketones (excluding diaryl/α,β-unsaturated/α-hetero) is 1. The minimum absolute atomic E-state index is 0.0808. The third-order valence-corrected chi connectivity index (χ3v) is 2.76. The van der Waals surface area contributed by atoms with Crippen LogP contribution in [-0.2, 0) is 9.84 Å². The van der Waals surface area contributed by atoms with Crippen LogP contribution in [0, 0.1) is 0 Å². The van der Waals surface area contributed by atoms with Crippen molar-refractivity contribution in [2.24, 2.45) is 0 Å². The van der Waals surface area contributed by atoms with Gasteiger partial charge in [-0.3, -0.25) is 4.79 Å². The van der Waals surface area contributed by atoms with Gasteiger partial charge in [0.25, 0.3) is 0 Å². The van der Waals surface area contributed by atoms with Gasteiger partial charge in [0.2, 0.25) is 0 Å². The number of benzene rings is 1. The van der Waals surface area contributed by atoms with E-state index in [-0.39, 0.29) is 17.1 Å². The monoisotopic (exact) mass is 258 g/mol. The van der Waals surface area contributed by atoms with Gasteiger partial charge in [0.05, 0.1) is 6.61 Å². The molecule has 0 aliphatic carbocycles. The predicted octanol–water partition coefficient (Wildman–Crippen LogP) is 1.02. The molecule has 0 saturated carbocycles. The summed E-state index contributed by atoms with van der Waals surface area (Å²) in [6.07, 6.45) is 0.995. The minimum atomic E-state index is -3.36. The Bertz CT molecular complexity index is 519. The maximum absolute atomic E-state index is 11.6. The van der Waals surface area contributed by atoms with Gasteiger partial charge in [-0.15, -0.1) is 0 Å². The number of carbonyl (C=O) groups excluding carboxylic acids is 1. The van der Waals surface area contributed by atoms with Gasteiger partial charge < -0.3 is 9.84 Å². The Kier molecular flexibility index (Phi) is 4.11. The van der Waals surface area contributed by atoms with Gasteiger partial charge >= 0.3 is 0 Å². The Labute approximate surface area is 100.0 Å². The van der Waals surface area contributed by atoms with E-state index in [1.807, 2.05) is 0 Å². The number of carbonyl (C=O) groups is 1. The molecule has 0 aromatic heterocycles. The molecule has 1 rings (SSSR count). The Hall–Kier alpha value is -1.56. The summed E-state index contributed by atoms with van der Waals surface area (Å²) >= 11 is 0. The van der Waals surface area contributed by atoms with E-state index in [9.17, 15) is 18.3 Å². The van der Waals surface area contributed by atoms with Gasteiger partial charge in [-0.1, -0.05) is 0 Å². The molecular formula is C11H14O5S. The summed E-state index contributed by atoms with van der Waals surface area (Å²) in [5.41, 5.74) is 0.205. The first kappa shape index (κ1) is 13.5. The van der Waals surface area contributed by atoms with Gasteiger partial charge in [0.15, 0.2) is 27.1 Å². The molecule has 0 saturated heterocycles. The third kappa shape index (κ3) is 4.07. The van der Waals surface area contributed by atoms with Gasteiger partial charge in [0.1, 0.15) is 5.75 Å². The molecule has 0 fully saturated rings. The van der Waals surface area contributed by atoms with Crippen molar-refractivity contribution in [3.8, 4) is 11.5 Å². The molecule has 17 heavy (non-hydrogen) atoms. The fourth-order valence-corrected chi connectivity index (χ4v) is 1.92. The maximum atomic E-state index is 11.6. The summed E-state index contributed by atoms with van der Waals surface area (Å²) in [4.78, 5) is 11.6. The van der Waals surface area contributed by atoms with E-state index < -0.39 is 21.4 Å². The van der Waals surface area contributed by atoms with Crippen molar-refractivity contribution in [2.45, 2.75) is 6.92 Å². The Morgan fingerprint density at radius 3 is 2.59 bits per heavy atom. The lowest BCUT2D eigenvalue weighted by Crippen LogP contribution is -2.14. The van der Waals surface area contributed by atoms with Crippen LogP contribution in [0.4, 0.5) is 0 Å². The zero-order valence-corrected chi connectivity index (χ0v) is 10.5. The molecule has 0 heterocycles. The lowest BCUT2D eigenvalue weighted by atomic mass is 10.1. The molecule has 1 aromatic rings. The number of ketones is 1. The quantitative estimate of drug-likeness (QED) is 0.797. The summed E-state index contributed by atoms with van der Waals surface area (Å²) in [6, 6.07) is 4.01. The van der Waals surface area contributed by atoms with Crippen LogP contribution >= 0.6 is 0 Å². The molecule has 0 bridgehead atoms. The number of ether oxygens (including phenoxy) is 1. The SMILES string of the molecule is CCOc1cc(C(=O)CS(C)(=O)=O)ccc1O. The van der Waals surface area contributed by atoms with Gasteiger partial charge in [-0.25, -0.2) is 8.42 Å². The van der Waals surface area contributed by atoms with Crippen LogP contribution in [0.5, 0.6) is 11.5 Å². The highest BCUT2D eigenvalue weighted by atomic mass is 32.2. The van der Waals surface area contributed by atoms with Gasteiger partial charge in [0, 0.05) is 11.8 Å². The molecule has 5 nitrogen and oxygen atoms in total. The average molecular weight is 258 g/mol. The molecule has 0 aliphatic heterocycles. The highest BCUT2D eigenvalue weighted by Gasteiger charge is 2.15. The van der Waals surface area contributed by atoms with E-state index in [0.717, 1.165) is 6.26 Å². The first-order valence-corrected chi connectivity index (χ1v) is 7.06. The van der Waals surface area contributed by atoms with Gasteiger partial charge in [-0.2, -0.15) is 0 Å². The summed E-state index contributed by atoms with van der Waals surface area (Å²) in [7, 11) is -3.36. The third-order valence-electron chi connectivity index (χ3n) is 1.97. The molecule has 6 heteroatoms. The highest BCUT2D eigenvalue weighted by Crippen LogP contribution is 2.27. The van der Waals surface area contributed by atoms with Crippen molar-refractivity contribution in [1.82, 2.24) is 0 Å². The van der Waals surface area contributed by atoms with Crippen molar-refractivity contribution in [2.75, 3.05) is 18.6 Å². The second kappa shape index (κ2) is 5.18. The molecule has 0 spiro atoms. The molecule has 0 amide bonds. The van der Waals surface area contributed by atoms with Crippen LogP contribution in [0.25, 0.3) is 0 Å². The molecule has 1 aromatic carbocycles. The number of phenols is 1. The normalized spacial score (nSPS) is 11.2. The number of hydrogen-bond acceptors (Lipinski definition) is 5. The van der Waals surface area contributed by atoms with Crippen LogP contribution in [0.1, 0.15) is 17.3 Å². The number of rotatable bonds is 5. The van der Waals surface area contributed by atoms with Crippen LogP contribution in [0.3, 0.4) is 0 Å². The highest BCUT2D eigenvalue weighted by molar-refractivity contribution is 7.91. The maximum Gasteiger partial charge on any atom is 0.177 e. The topological polar surface area (TPSA) is 80.7 Å². The first-order chi connectivity index (χ1) is 7.83. The first-order valence-electron chi connectivity index (χ1n) is 5.00. The van der Waals surface area contributed by atoms with E-state index in [4.69, 9.17) is 4.74 Å². The Morgan fingerprint density at radius 2 is 2.06 bits per heavy atom. The standard InChI is InChI=1S/C11H14O5S/c1-3-16-11-6-8(4-5-9(11)12)10(13)7-17(2,14)15/h4-6,12H,3,7H2,1-2H3. The molecule has 0 atom stereocenters. The van der Waals surface area contributed by atoms with Crippen molar-refractivity contribution < 1.29 is 23.1 Å². The van der Waals surface area contributed by atoms with E-state index in [1.165, 1.54) is 18.2 Å². The Balaban J connectivity index is 2.99. The number of phenolic OH excluding ortho intramolecular Hbond substituents is 1. The van der Waals surface area contributed by atoms with Crippen molar-refractivity contribution in [3.05, 3.63) is 23.8 Å². The summed E-state index contributed by atoms with van der Waals surface area (Å²) in [5.74, 6) is -0.980. The largest absolute Gasteiger partial charge is 0.504 e. The fraction of sp³-hybridized carbons (Fsp3) is 0.364. The molecule has 0 unspecified atom stereocenters. The second-order valence-electron chi connectivity index (χ2n) is 3.61. The number of aromatic hydroxyl groups is 1. The van der Waals surface area contributed by atoms with Crippen LogP contribution in [-0.4, -0.2) is 37.9 Å². The number of sulfone groups is 1. The van der Waals surface area contributed by atoms with E-state index >= 15 is 0 Å². The predicted molar refractivity (Wildman–Crippen MR) is 63.3 cm³/mol. The summed E-state index contributed by atoms with van der Waals surface area (Å²) in [6.45, 7) is 2.09. The molecule has 1 N–H and O–H groups in total. The smallest absolute Gasteiger partial charge is 0.177 e. The van der Waals surface area contributed by atoms with E-state index in [2.05, 4.69) is 0 Å². The molecule has 0 radical (unpaired) electrons. The van der Waals surface area contributed by atoms with Crippen molar-refractivity contribution in [1.29, 1.82) is 0 Å². The van der Waals surface area contributed by atoms with E-state index in [1.54, 1.807) is 6.92 Å². The fourth-order valence-electron chi connectivity index (χ4n) is 1.28. The lowest BCUT2D eigenvalue weighted by Gasteiger charge is -2.07. The lowest BCUT2D eigenvalue weighted by molar-refractivity contribution is 0.102. The van der Waals surface area contributed by atoms with Crippen molar-refractivity contribution in [3.63, 3.8) is 0 Å². The van der Waals surface area contributed by atoms with Gasteiger partial charge in [-0.05, 0) is 25.1 Å². The van der Waals surface area contributed by atoms with Crippen molar-refractivity contribution >= 4 is 15.6 Å². The summed E-state index contributed by atoms with van der Waals surface area (Å²) < 4.78 is 27.1. The van der Waals surface area contributed by atoms with E-state index in [0.29, 0.717) is 6.61 Å². The van der Waals surface area contributed by atoms with Crippen LogP contribution in [0.2, 0.25) is 0 Å². The zero-order valence-electron chi connectivity index (χ0n) is 9.63. The molecule has 94 valence electrons. The molecular weight excluding hydrogens is 244 g/mol. The van der Waals surface area contributed by atoms with Crippen LogP contribution in [0.15, 0.2) is 18.2 Å². The molecule has 0 aliphatic rings.